The van der Waals surface area contributed by atoms with Crippen molar-refractivity contribution < 1.29 is 14.7 Å². The fraction of sp³-hybridized carbons (Fsp3) is 0.714. The lowest BCUT2D eigenvalue weighted by molar-refractivity contribution is -0.141. The Morgan fingerprint density at radius 2 is 2.17 bits per heavy atom. The van der Waals surface area contributed by atoms with E-state index in [0.717, 1.165) is 0 Å². The Hall–Kier alpha value is -1.12. The molecule has 1 amide bonds. The molecule has 5 heteroatoms. The summed E-state index contributed by atoms with van der Waals surface area (Å²) in [7, 11) is 0. The van der Waals surface area contributed by atoms with Crippen molar-refractivity contribution in [2.75, 3.05) is 13.2 Å². The first-order valence-electron chi connectivity index (χ1n) is 3.69. The number of ether oxygens (including phenoxy) is 1. The van der Waals surface area contributed by atoms with Crippen LogP contribution in [0, 0.1) is 16.7 Å². The summed E-state index contributed by atoms with van der Waals surface area (Å²) in [6.45, 7) is 0.780. The van der Waals surface area contributed by atoms with Gasteiger partial charge in [0.1, 0.15) is 5.41 Å². The van der Waals surface area contributed by atoms with Crippen LogP contribution in [0.3, 0.4) is 0 Å². The van der Waals surface area contributed by atoms with Crippen LogP contribution >= 0.6 is 0 Å². The van der Waals surface area contributed by atoms with E-state index in [2.05, 4.69) is 0 Å². The highest BCUT2D eigenvalue weighted by Crippen LogP contribution is 2.29. The number of rotatable bonds is 1. The third-order valence-corrected chi connectivity index (χ3v) is 2.10. The van der Waals surface area contributed by atoms with Crippen molar-refractivity contribution >= 4 is 5.91 Å². The van der Waals surface area contributed by atoms with E-state index in [1.54, 1.807) is 0 Å². The van der Waals surface area contributed by atoms with Gasteiger partial charge in [-0.25, -0.2) is 5.48 Å². The average Bonchev–Trinajstić information content (AvgIpc) is 2.17. The molecule has 1 rings (SSSR count). The Morgan fingerprint density at radius 3 is 2.58 bits per heavy atom. The van der Waals surface area contributed by atoms with Gasteiger partial charge in [0, 0.05) is 13.2 Å². The molecule has 0 aromatic carbocycles. The molecule has 1 aliphatic rings. The first-order valence-corrected chi connectivity index (χ1v) is 3.69. The van der Waals surface area contributed by atoms with Gasteiger partial charge in [0.05, 0.1) is 6.07 Å². The molecule has 0 saturated carbocycles. The van der Waals surface area contributed by atoms with Crippen molar-refractivity contribution in [3.8, 4) is 6.07 Å². The predicted molar refractivity (Wildman–Crippen MR) is 38.0 cm³/mol. The van der Waals surface area contributed by atoms with Crippen LogP contribution in [0.5, 0.6) is 0 Å². The Labute approximate surface area is 69.9 Å². The fourth-order valence-corrected chi connectivity index (χ4v) is 1.22. The van der Waals surface area contributed by atoms with Crippen LogP contribution in [0.15, 0.2) is 0 Å². The zero-order valence-corrected chi connectivity index (χ0v) is 6.54. The van der Waals surface area contributed by atoms with Gasteiger partial charge >= 0.3 is 0 Å². The van der Waals surface area contributed by atoms with Crippen molar-refractivity contribution in [3.05, 3.63) is 0 Å². The average molecular weight is 170 g/mol. The molecule has 2 N–H and O–H groups in total. The Balaban J connectivity index is 2.74. The first kappa shape index (κ1) is 8.97. The maximum Gasteiger partial charge on any atom is 0.263 e. The number of hydrogen-bond acceptors (Lipinski definition) is 4. The molecular formula is C7H10N2O3. The van der Waals surface area contributed by atoms with E-state index in [1.807, 2.05) is 6.07 Å². The maximum absolute atomic E-state index is 11.1. The standard InChI is InChI=1S/C7H10N2O3/c8-5-7(6(10)9-11)1-3-12-4-2-7/h11H,1-4H2,(H,9,10). The van der Waals surface area contributed by atoms with Gasteiger partial charge in [0.2, 0.25) is 0 Å². The number of hydrogen-bond donors (Lipinski definition) is 2. The van der Waals surface area contributed by atoms with Crippen LogP contribution in [0.2, 0.25) is 0 Å². The number of nitrogens with zero attached hydrogens (tertiary/aromatic N) is 1. The second kappa shape index (κ2) is 3.52. The highest BCUT2D eigenvalue weighted by molar-refractivity contribution is 5.84. The smallest absolute Gasteiger partial charge is 0.263 e. The summed E-state index contributed by atoms with van der Waals surface area (Å²) in [5.41, 5.74) is 0.419. The van der Waals surface area contributed by atoms with Crippen LogP contribution in [-0.4, -0.2) is 24.3 Å². The normalized spacial score (nSPS) is 21.0. The van der Waals surface area contributed by atoms with Gasteiger partial charge < -0.3 is 4.74 Å². The summed E-state index contributed by atoms with van der Waals surface area (Å²) in [4.78, 5) is 11.1. The van der Waals surface area contributed by atoms with E-state index in [1.165, 1.54) is 5.48 Å². The van der Waals surface area contributed by atoms with Crippen molar-refractivity contribution in [1.82, 2.24) is 5.48 Å². The molecule has 0 aliphatic carbocycles. The molecule has 0 atom stereocenters. The predicted octanol–water partition coefficient (Wildman–Crippen LogP) is -0.188. The van der Waals surface area contributed by atoms with Crippen LogP contribution < -0.4 is 5.48 Å². The summed E-state index contributed by atoms with van der Waals surface area (Å²) in [5.74, 6) is -0.631. The van der Waals surface area contributed by atoms with E-state index < -0.39 is 11.3 Å². The number of carbonyl (C=O) groups is 1. The Morgan fingerprint density at radius 1 is 1.58 bits per heavy atom. The zero-order valence-electron chi connectivity index (χ0n) is 6.54. The largest absolute Gasteiger partial charge is 0.381 e. The van der Waals surface area contributed by atoms with Gasteiger partial charge in [-0.3, -0.25) is 10.0 Å². The lowest BCUT2D eigenvalue weighted by Gasteiger charge is -2.27. The number of carbonyl (C=O) groups excluding carboxylic acids is 1. The van der Waals surface area contributed by atoms with Crippen LogP contribution in [-0.2, 0) is 9.53 Å². The second-order valence-corrected chi connectivity index (χ2v) is 2.75. The van der Waals surface area contributed by atoms with E-state index in [0.29, 0.717) is 26.1 Å². The second-order valence-electron chi connectivity index (χ2n) is 2.75. The van der Waals surface area contributed by atoms with Gasteiger partial charge in [-0.1, -0.05) is 0 Å². The number of nitrogens with one attached hydrogen (secondary N) is 1. The first-order chi connectivity index (χ1) is 5.75. The highest BCUT2D eigenvalue weighted by atomic mass is 16.5. The minimum Gasteiger partial charge on any atom is -0.381 e. The maximum atomic E-state index is 11.1. The molecule has 0 unspecified atom stereocenters. The summed E-state index contributed by atoms with van der Waals surface area (Å²) in [6.07, 6.45) is 0.686. The van der Waals surface area contributed by atoms with Gasteiger partial charge in [-0.15, -0.1) is 0 Å². The molecule has 0 radical (unpaired) electrons. The molecule has 0 aromatic heterocycles. The number of hydroxylamine groups is 1. The van der Waals surface area contributed by atoms with Gasteiger partial charge in [0.15, 0.2) is 0 Å². The lowest BCUT2D eigenvalue weighted by Crippen LogP contribution is -2.42. The lowest BCUT2D eigenvalue weighted by atomic mass is 9.81. The Bertz CT molecular complexity index is 215. The van der Waals surface area contributed by atoms with E-state index in [9.17, 15) is 4.79 Å². The van der Waals surface area contributed by atoms with Crippen molar-refractivity contribution in [1.29, 1.82) is 5.26 Å². The summed E-state index contributed by atoms with van der Waals surface area (Å²) in [5, 5.41) is 17.2. The molecular weight excluding hydrogens is 160 g/mol. The quantitative estimate of drug-likeness (QED) is 0.422. The topological polar surface area (TPSA) is 82.4 Å². The monoisotopic (exact) mass is 170 g/mol. The third kappa shape index (κ3) is 1.40. The van der Waals surface area contributed by atoms with Crippen molar-refractivity contribution in [2.45, 2.75) is 12.8 Å². The molecule has 0 spiro atoms. The molecule has 1 fully saturated rings. The molecule has 0 aromatic rings. The minimum absolute atomic E-state index is 0.343. The van der Waals surface area contributed by atoms with Crippen LogP contribution in [0.25, 0.3) is 0 Å². The molecule has 1 heterocycles. The summed E-state index contributed by atoms with van der Waals surface area (Å²) >= 11 is 0. The summed E-state index contributed by atoms with van der Waals surface area (Å²) in [6, 6.07) is 1.92. The number of amides is 1. The minimum atomic E-state index is -1.09. The number of nitriles is 1. The van der Waals surface area contributed by atoms with E-state index in [4.69, 9.17) is 15.2 Å². The van der Waals surface area contributed by atoms with E-state index in [-0.39, 0.29) is 0 Å². The van der Waals surface area contributed by atoms with Gasteiger partial charge in [-0.05, 0) is 12.8 Å². The molecule has 1 aliphatic heterocycles. The molecule has 12 heavy (non-hydrogen) atoms. The zero-order chi connectivity index (χ0) is 9.03. The molecule has 5 nitrogen and oxygen atoms in total. The van der Waals surface area contributed by atoms with Gasteiger partial charge in [-0.2, -0.15) is 5.26 Å². The van der Waals surface area contributed by atoms with Crippen LogP contribution in [0.4, 0.5) is 0 Å². The fourth-order valence-electron chi connectivity index (χ4n) is 1.22. The molecule has 1 saturated heterocycles. The molecule has 66 valence electrons. The van der Waals surface area contributed by atoms with E-state index >= 15 is 0 Å². The van der Waals surface area contributed by atoms with Gasteiger partial charge in [0.25, 0.3) is 5.91 Å². The SMILES string of the molecule is N#CC1(C(=O)NO)CCOCC1. The van der Waals surface area contributed by atoms with Crippen molar-refractivity contribution in [2.24, 2.45) is 5.41 Å². The Kier molecular flexibility index (Phi) is 2.63. The third-order valence-electron chi connectivity index (χ3n) is 2.10. The van der Waals surface area contributed by atoms with Crippen LogP contribution in [0.1, 0.15) is 12.8 Å². The van der Waals surface area contributed by atoms with Crippen molar-refractivity contribution in [3.63, 3.8) is 0 Å². The molecule has 0 bridgehead atoms. The highest BCUT2D eigenvalue weighted by Gasteiger charge is 2.40. The summed E-state index contributed by atoms with van der Waals surface area (Å²) < 4.78 is 5.01.